The maximum absolute atomic E-state index is 12.5. The second-order valence-corrected chi connectivity index (χ2v) is 10.2. The number of nitrogens with zero attached hydrogens (tertiary/aromatic N) is 2. The van der Waals surface area contributed by atoms with E-state index in [2.05, 4.69) is 20.8 Å². The molecule has 27 heavy (non-hydrogen) atoms. The summed E-state index contributed by atoms with van der Waals surface area (Å²) < 4.78 is 0.740. The molecule has 0 aliphatic heterocycles. The molecule has 0 bridgehead atoms. The van der Waals surface area contributed by atoms with Gasteiger partial charge in [-0.15, -0.1) is 10.2 Å². The number of carbonyl (C=O) groups is 1. The Morgan fingerprint density at radius 3 is 2.52 bits per heavy atom. The third kappa shape index (κ3) is 5.87. The van der Waals surface area contributed by atoms with Crippen molar-refractivity contribution in [2.75, 3.05) is 10.6 Å². The topological polar surface area (TPSA) is 66.9 Å². The summed E-state index contributed by atoms with van der Waals surface area (Å²) in [7, 11) is 0. The molecule has 3 rings (SSSR count). The molecular formula is C17H19Cl3N4OS2. The summed E-state index contributed by atoms with van der Waals surface area (Å²) in [6.07, 6.45) is 6.16. The molecule has 1 aromatic heterocycles. The number of amides is 1. The van der Waals surface area contributed by atoms with Crippen LogP contribution in [-0.4, -0.2) is 27.4 Å². The van der Waals surface area contributed by atoms with Crippen LogP contribution in [0.1, 0.15) is 39.0 Å². The monoisotopic (exact) mass is 464 g/mol. The van der Waals surface area contributed by atoms with Gasteiger partial charge in [-0.3, -0.25) is 4.79 Å². The molecule has 1 amide bonds. The van der Waals surface area contributed by atoms with Gasteiger partial charge in [-0.1, -0.05) is 77.2 Å². The number of aromatic nitrogens is 2. The van der Waals surface area contributed by atoms with Gasteiger partial charge in [-0.05, 0) is 31.9 Å². The molecule has 1 heterocycles. The molecule has 1 aliphatic rings. The Morgan fingerprint density at radius 1 is 1.19 bits per heavy atom. The first-order chi connectivity index (χ1) is 12.9. The molecule has 146 valence electrons. The van der Waals surface area contributed by atoms with Gasteiger partial charge in [0.1, 0.15) is 0 Å². The van der Waals surface area contributed by atoms with Crippen LogP contribution < -0.4 is 10.6 Å². The minimum Gasteiger partial charge on any atom is -0.357 e. The molecule has 1 fully saturated rings. The number of nitrogens with one attached hydrogen (secondary N) is 2. The van der Waals surface area contributed by atoms with E-state index in [0.717, 1.165) is 9.47 Å². The molecule has 1 saturated carbocycles. The van der Waals surface area contributed by atoms with Crippen LogP contribution in [0.5, 0.6) is 0 Å². The summed E-state index contributed by atoms with van der Waals surface area (Å²) in [4.78, 5) is 12.5. The molecule has 2 aromatic rings. The van der Waals surface area contributed by atoms with Crippen molar-refractivity contribution in [3.8, 4) is 0 Å². The lowest BCUT2D eigenvalue weighted by Gasteiger charge is -2.21. The summed E-state index contributed by atoms with van der Waals surface area (Å²) in [6, 6.07) is 3.55. The molecular weight excluding hydrogens is 447 g/mol. The number of halogens is 3. The lowest BCUT2D eigenvalue weighted by Crippen LogP contribution is -2.22. The maximum atomic E-state index is 12.5. The number of hydrogen-bond acceptors (Lipinski definition) is 6. The van der Waals surface area contributed by atoms with E-state index in [0.29, 0.717) is 26.8 Å². The van der Waals surface area contributed by atoms with Gasteiger partial charge in [0.05, 0.1) is 21.0 Å². The number of anilines is 2. The van der Waals surface area contributed by atoms with E-state index in [-0.39, 0.29) is 11.2 Å². The van der Waals surface area contributed by atoms with Gasteiger partial charge in [0, 0.05) is 11.1 Å². The average Bonchev–Trinajstić information content (AvgIpc) is 3.05. The van der Waals surface area contributed by atoms with E-state index in [1.54, 1.807) is 6.92 Å². The Balaban J connectivity index is 1.57. The Labute approximate surface area is 181 Å². The molecule has 1 unspecified atom stereocenters. The van der Waals surface area contributed by atoms with Gasteiger partial charge in [0.25, 0.3) is 0 Å². The Kier molecular flexibility index (Phi) is 7.50. The van der Waals surface area contributed by atoms with Crippen LogP contribution in [0.4, 0.5) is 10.8 Å². The number of hydrogen-bond donors (Lipinski definition) is 2. The SMILES string of the molecule is CC(Sc1nnc(NC2CCCCC2)s1)C(=O)Nc1c(Cl)cc(Cl)cc1Cl. The van der Waals surface area contributed by atoms with Crippen LogP contribution >= 0.6 is 57.9 Å². The van der Waals surface area contributed by atoms with E-state index < -0.39 is 0 Å². The van der Waals surface area contributed by atoms with E-state index in [4.69, 9.17) is 34.8 Å². The van der Waals surface area contributed by atoms with Gasteiger partial charge in [0.2, 0.25) is 11.0 Å². The first-order valence-corrected chi connectivity index (χ1v) is 11.5. The normalized spacial score (nSPS) is 16.1. The zero-order chi connectivity index (χ0) is 19.4. The molecule has 10 heteroatoms. The van der Waals surface area contributed by atoms with Gasteiger partial charge < -0.3 is 10.6 Å². The number of rotatable bonds is 6. The highest BCUT2D eigenvalue weighted by molar-refractivity contribution is 8.02. The molecule has 0 saturated heterocycles. The quantitative estimate of drug-likeness (QED) is 0.486. The van der Waals surface area contributed by atoms with Crippen molar-refractivity contribution in [3.63, 3.8) is 0 Å². The third-order valence-electron chi connectivity index (χ3n) is 4.24. The second-order valence-electron chi connectivity index (χ2n) is 6.35. The van der Waals surface area contributed by atoms with Crippen LogP contribution in [-0.2, 0) is 4.79 Å². The molecule has 2 N–H and O–H groups in total. The highest BCUT2D eigenvalue weighted by Gasteiger charge is 2.21. The van der Waals surface area contributed by atoms with Crippen LogP contribution in [0.15, 0.2) is 16.5 Å². The average molecular weight is 466 g/mol. The lowest BCUT2D eigenvalue weighted by atomic mass is 9.96. The smallest absolute Gasteiger partial charge is 0.237 e. The predicted molar refractivity (Wildman–Crippen MR) is 116 cm³/mol. The standard InChI is InChI=1S/C17H19Cl3N4OS2/c1-9(15(25)22-14-12(19)7-10(18)8-13(14)20)26-17-24-23-16(27-17)21-11-5-3-2-4-6-11/h7-9,11H,2-6H2,1H3,(H,21,23)(H,22,25). The summed E-state index contributed by atoms with van der Waals surface area (Å²) in [5.74, 6) is -0.219. The van der Waals surface area contributed by atoms with Crippen molar-refractivity contribution in [1.29, 1.82) is 0 Å². The zero-order valence-corrected chi connectivity index (χ0v) is 18.5. The highest BCUT2D eigenvalue weighted by atomic mass is 35.5. The van der Waals surface area contributed by atoms with E-state index >= 15 is 0 Å². The van der Waals surface area contributed by atoms with Crippen molar-refractivity contribution in [2.45, 2.75) is 54.7 Å². The van der Waals surface area contributed by atoms with Crippen molar-refractivity contribution in [3.05, 3.63) is 27.2 Å². The number of carbonyl (C=O) groups excluding carboxylic acids is 1. The molecule has 5 nitrogen and oxygen atoms in total. The van der Waals surface area contributed by atoms with E-state index in [1.165, 1.54) is 67.3 Å². The summed E-state index contributed by atoms with van der Waals surface area (Å²) in [6.45, 7) is 1.80. The summed E-state index contributed by atoms with van der Waals surface area (Å²) >= 11 is 21.0. The molecule has 1 aromatic carbocycles. The molecule has 1 aliphatic carbocycles. The first-order valence-electron chi connectivity index (χ1n) is 8.64. The summed E-state index contributed by atoms with van der Waals surface area (Å²) in [5.41, 5.74) is 0.358. The highest BCUT2D eigenvalue weighted by Crippen LogP contribution is 2.35. The van der Waals surface area contributed by atoms with Crippen LogP contribution in [0.3, 0.4) is 0 Å². The van der Waals surface area contributed by atoms with E-state index in [9.17, 15) is 4.79 Å². The zero-order valence-electron chi connectivity index (χ0n) is 14.6. The van der Waals surface area contributed by atoms with Gasteiger partial charge in [0.15, 0.2) is 4.34 Å². The van der Waals surface area contributed by atoms with Crippen molar-refractivity contribution >= 4 is 74.6 Å². The Bertz CT molecular complexity index is 788. The number of thioether (sulfide) groups is 1. The first kappa shape index (κ1) is 21.0. The second kappa shape index (κ2) is 9.65. The van der Waals surface area contributed by atoms with Crippen molar-refractivity contribution in [2.24, 2.45) is 0 Å². The maximum Gasteiger partial charge on any atom is 0.237 e. The van der Waals surface area contributed by atoms with Gasteiger partial charge in [-0.25, -0.2) is 0 Å². The largest absolute Gasteiger partial charge is 0.357 e. The molecule has 0 spiro atoms. The number of benzene rings is 1. The minimum atomic E-state index is -0.386. The fraction of sp³-hybridized carbons (Fsp3) is 0.471. The van der Waals surface area contributed by atoms with Crippen LogP contribution in [0.2, 0.25) is 15.1 Å². The van der Waals surface area contributed by atoms with Gasteiger partial charge >= 0.3 is 0 Å². The van der Waals surface area contributed by atoms with Crippen molar-refractivity contribution in [1.82, 2.24) is 10.2 Å². The molecule has 0 radical (unpaired) electrons. The molecule has 1 atom stereocenters. The fourth-order valence-electron chi connectivity index (χ4n) is 2.83. The Morgan fingerprint density at radius 2 is 1.85 bits per heavy atom. The Hall–Kier alpha value is -0.730. The van der Waals surface area contributed by atoms with Crippen LogP contribution in [0, 0.1) is 0 Å². The van der Waals surface area contributed by atoms with Gasteiger partial charge in [-0.2, -0.15) is 0 Å². The summed E-state index contributed by atoms with van der Waals surface area (Å²) in [5, 5.41) is 16.0. The minimum absolute atomic E-state index is 0.219. The van der Waals surface area contributed by atoms with Crippen LogP contribution in [0.25, 0.3) is 0 Å². The fourth-order valence-corrected chi connectivity index (χ4v) is 5.71. The van der Waals surface area contributed by atoms with E-state index in [1.807, 2.05) is 0 Å². The third-order valence-corrected chi connectivity index (χ3v) is 7.09. The predicted octanol–water partition coefficient (Wildman–Crippen LogP) is 6.36. The van der Waals surface area contributed by atoms with Crippen molar-refractivity contribution < 1.29 is 4.79 Å². The lowest BCUT2D eigenvalue weighted by molar-refractivity contribution is -0.115.